The molecule has 1 unspecified atom stereocenters. The van der Waals surface area contributed by atoms with Gasteiger partial charge in [-0.15, -0.1) is 0 Å². The number of piperidine rings is 4. The highest BCUT2D eigenvalue weighted by Gasteiger charge is 2.39. The highest BCUT2D eigenvalue weighted by molar-refractivity contribution is 6.01. The third kappa shape index (κ3) is 7.31. The number of nitrogens with one attached hydrogen (secondary N) is 2. The Morgan fingerprint density at radius 1 is 0.902 bits per heavy atom. The van der Waals surface area contributed by atoms with Crippen LogP contribution in [0.2, 0.25) is 0 Å². The van der Waals surface area contributed by atoms with Gasteiger partial charge in [0, 0.05) is 75.6 Å². The molecule has 2 N–H and O–H groups in total. The highest BCUT2D eigenvalue weighted by atomic mass is 16.2. The zero-order valence-corrected chi connectivity index (χ0v) is 30.4. The van der Waals surface area contributed by atoms with Gasteiger partial charge >= 0.3 is 0 Å². The van der Waals surface area contributed by atoms with Gasteiger partial charge in [-0.25, -0.2) is 4.68 Å². The van der Waals surface area contributed by atoms with Crippen molar-refractivity contribution in [2.24, 2.45) is 12.5 Å². The molecule has 7 rings (SSSR count). The minimum atomic E-state index is -0.261. The predicted molar refractivity (Wildman–Crippen MR) is 198 cm³/mol. The van der Waals surface area contributed by atoms with Crippen molar-refractivity contribution in [3.8, 4) is 0 Å². The van der Waals surface area contributed by atoms with Gasteiger partial charge in [-0.1, -0.05) is 24.3 Å². The van der Waals surface area contributed by atoms with E-state index in [1.807, 2.05) is 24.0 Å². The maximum Gasteiger partial charge on any atom is 0.271 e. The number of carbonyl (C=O) groups is 3. The van der Waals surface area contributed by atoms with Crippen LogP contribution in [0.25, 0.3) is 0 Å². The molecule has 5 heterocycles. The number of aromatic nitrogens is 2. The summed E-state index contributed by atoms with van der Waals surface area (Å²) in [7, 11) is 3.80. The normalized spacial score (nSPS) is 24.0. The van der Waals surface area contributed by atoms with Gasteiger partial charge in [0.15, 0.2) is 0 Å². The second-order valence-electron chi connectivity index (χ2n) is 15.6. The van der Waals surface area contributed by atoms with Crippen LogP contribution in [0.1, 0.15) is 89.4 Å². The molecule has 0 bridgehead atoms. The van der Waals surface area contributed by atoms with E-state index in [0.29, 0.717) is 24.3 Å². The van der Waals surface area contributed by atoms with E-state index < -0.39 is 0 Å². The monoisotopic (exact) mass is 693 g/mol. The first kappa shape index (κ1) is 34.9. The number of hydrogen-bond acceptors (Lipinski definition) is 8. The third-order valence-electron chi connectivity index (χ3n) is 12.1. The van der Waals surface area contributed by atoms with Crippen LogP contribution in [0.15, 0.2) is 53.5 Å². The molecular formula is C40H51N7O4. The number of imide groups is 1. The van der Waals surface area contributed by atoms with Crippen LogP contribution >= 0.6 is 0 Å². The number of anilines is 2. The molecule has 3 amide bonds. The average Bonchev–Trinajstić information content (AvgIpc) is 3.12. The van der Waals surface area contributed by atoms with Crippen molar-refractivity contribution >= 4 is 29.1 Å². The standard InChI is InChI=1S/C40H51N7O4/c1-26-21-30(33-10-12-36(48)43-37(33)49)9-11-35(26)46-17-13-40(14-18-46)15-19-47(20-16-40)39(51)29-7-5-28(6-8-29)31-22-32(25-44(3)24-31)42-34-23-41-45(4)38(50)27(34)2/h5-9,11,21,23,31-33,42H,10,12-20,22,24-25H2,1-4H3,(H,43,48,49)/t31-,32+,33?/m1/s1. The Labute approximate surface area is 300 Å². The maximum absolute atomic E-state index is 13.6. The Hall–Kier alpha value is -4.51. The van der Waals surface area contributed by atoms with Gasteiger partial charge in [0.2, 0.25) is 11.8 Å². The summed E-state index contributed by atoms with van der Waals surface area (Å²) in [5, 5.41) is 10.3. The number of benzene rings is 2. The summed E-state index contributed by atoms with van der Waals surface area (Å²) in [5.41, 5.74) is 7.01. The molecule has 0 aliphatic carbocycles. The zero-order valence-electron chi connectivity index (χ0n) is 30.4. The van der Waals surface area contributed by atoms with E-state index in [1.165, 1.54) is 21.5 Å². The number of carbonyl (C=O) groups excluding carboxylic acids is 3. The molecule has 3 aromatic rings. The molecule has 4 aliphatic heterocycles. The quantitative estimate of drug-likeness (QED) is 0.366. The molecule has 51 heavy (non-hydrogen) atoms. The van der Waals surface area contributed by atoms with E-state index >= 15 is 0 Å². The second kappa shape index (κ2) is 14.3. The highest BCUT2D eigenvalue weighted by Crippen LogP contribution is 2.43. The number of likely N-dealkylation sites (N-methyl/N-ethyl adjacent to an activating group) is 1. The third-order valence-corrected chi connectivity index (χ3v) is 12.1. The smallest absolute Gasteiger partial charge is 0.271 e. The largest absolute Gasteiger partial charge is 0.379 e. The molecule has 1 aromatic heterocycles. The van der Waals surface area contributed by atoms with Gasteiger partial charge in [-0.05, 0) is 106 Å². The molecule has 2 aromatic carbocycles. The molecule has 270 valence electrons. The van der Waals surface area contributed by atoms with Crippen molar-refractivity contribution in [2.45, 2.75) is 76.7 Å². The van der Waals surface area contributed by atoms with E-state index in [4.69, 9.17) is 0 Å². The minimum Gasteiger partial charge on any atom is -0.379 e. The lowest BCUT2D eigenvalue weighted by Gasteiger charge is -2.47. The van der Waals surface area contributed by atoms with Crippen molar-refractivity contribution in [1.82, 2.24) is 24.9 Å². The van der Waals surface area contributed by atoms with Crippen molar-refractivity contribution in [2.75, 3.05) is 56.5 Å². The lowest BCUT2D eigenvalue weighted by Crippen LogP contribution is -2.48. The van der Waals surface area contributed by atoms with Crippen LogP contribution in [0, 0.1) is 19.3 Å². The Morgan fingerprint density at radius 3 is 2.27 bits per heavy atom. The number of rotatable bonds is 6. The lowest BCUT2D eigenvalue weighted by molar-refractivity contribution is -0.134. The van der Waals surface area contributed by atoms with Crippen molar-refractivity contribution < 1.29 is 14.4 Å². The van der Waals surface area contributed by atoms with Crippen LogP contribution < -0.4 is 21.1 Å². The minimum absolute atomic E-state index is 0.0852. The van der Waals surface area contributed by atoms with E-state index in [-0.39, 0.29) is 40.7 Å². The van der Waals surface area contributed by atoms with E-state index in [1.54, 1.807) is 13.2 Å². The molecule has 11 heteroatoms. The van der Waals surface area contributed by atoms with Gasteiger partial charge < -0.3 is 20.0 Å². The molecule has 3 atom stereocenters. The maximum atomic E-state index is 13.6. The second-order valence-corrected chi connectivity index (χ2v) is 15.6. The fraction of sp³-hybridized carbons (Fsp3) is 0.525. The van der Waals surface area contributed by atoms with Crippen LogP contribution in [-0.4, -0.2) is 89.7 Å². The van der Waals surface area contributed by atoms with Gasteiger partial charge in [-0.3, -0.25) is 24.5 Å². The molecule has 4 saturated heterocycles. The van der Waals surface area contributed by atoms with Crippen LogP contribution in [0.3, 0.4) is 0 Å². The summed E-state index contributed by atoms with van der Waals surface area (Å²) in [5.74, 6) is -0.199. The Kier molecular flexibility index (Phi) is 9.76. The Balaban J connectivity index is 0.912. The summed E-state index contributed by atoms with van der Waals surface area (Å²) >= 11 is 0. The van der Waals surface area contributed by atoms with Crippen LogP contribution in [0.5, 0.6) is 0 Å². The molecule has 1 spiro atoms. The summed E-state index contributed by atoms with van der Waals surface area (Å²) in [6, 6.07) is 14.8. The van der Waals surface area contributed by atoms with Gasteiger partial charge in [-0.2, -0.15) is 5.10 Å². The average molecular weight is 694 g/mol. The number of hydrogen-bond donors (Lipinski definition) is 2. The number of aryl methyl sites for hydroxylation is 2. The van der Waals surface area contributed by atoms with Gasteiger partial charge in [0.05, 0.1) is 17.8 Å². The Morgan fingerprint density at radius 2 is 1.59 bits per heavy atom. The number of likely N-dealkylation sites (tertiary alicyclic amines) is 2. The first-order valence-corrected chi connectivity index (χ1v) is 18.5. The fourth-order valence-corrected chi connectivity index (χ4v) is 8.93. The summed E-state index contributed by atoms with van der Waals surface area (Å²) in [4.78, 5) is 56.9. The van der Waals surface area contributed by atoms with E-state index in [0.717, 1.165) is 88.2 Å². The molecule has 0 radical (unpaired) electrons. The summed E-state index contributed by atoms with van der Waals surface area (Å²) in [6.45, 7) is 9.34. The zero-order chi connectivity index (χ0) is 35.9. The first-order valence-electron chi connectivity index (χ1n) is 18.5. The van der Waals surface area contributed by atoms with Crippen LogP contribution in [-0.2, 0) is 16.6 Å². The fourth-order valence-electron chi connectivity index (χ4n) is 8.93. The summed E-state index contributed by atoms with van der Waals surface area (Å²) < 4.78 is 1.36. The summed E-state index contributed by atoms with van der Waals surface area (Å²) in [6.07, 6.45) is 7.91. The number of amides is 3. The van der Waals surface area contributed by atoms with Crippen molar-refractivity contribution in [1.29, 1.82) is 0 Å². The van der Waals surface area contributed by atoms with Gasteiger partial charge in [0.25, 0.3) is 11.5 Å². The van der Waals surface area contributed by atoms with Crippen LogP contribution in [0.4, 0.5) is 11.4 Å². The SMILES string of the molecule is Cc1cc(C2CCC(=O)NC2=O)ccc1N1CCC2(CCN(C(=O)c3ccc([C@@H]4C[C@H](Nc5cnn(C)c(=O)c5C)CN(C)C4)cc3)CC2)CC1. The predicted octanol–water partition coefficient (Wildman–Crippen LogP) is 4.34. The molecule has 11 nitrogen and oxygen atoms in total. The van der Waals surface area contributed by atoms with E-state index in [9.17, 15) is 19.2 Å². The van der Waals surface area contributed by atoms with Gasteiger partial charge in [0.1, 0.15) is 0 Å². The van der Waals surface area contributed by atoms with E-state index in [2.05, 4.69) is 69.8 Å². The number of nitrogens with zero attached hydrogens (tertiary/aromatic N) is 5. The molecule has 4 aliphatic rings. The first-order chi connectivity index (χ1) is 24.5. The lowest BCUT2D eigenvalue weighted by atomic mass is 9.71. The molecular weight excluding hydrogens is 642 g/mol. The van der Waals surface area contributed by atoms with Crippen molar-refractivity contribution in [3.05, 3.63) is 86.8 Å². The molecule has 0 saturated carbocycles. The topological polar surface area (TPSA) is 120 Å². The Bertz CT molecular complexity index is 1850. The molecule has 4 fully saturated rings. The van der Waals surface area contributed by atoms with Crippen molar-refractivity contribution in [3.63, 3.8) is 0 Å².